The van der Waals surface area contributed by atoms with E-state index in [4.69, 9.17) is 5.11 Å². The molecule has 5 heteroatoms. The number of carboxylic acids is 1. The Kier molecular flexibility index (Phi) is 4.61. The van der Waals surface area contributed by atoms with Crippen LogP contribution in [0.2, 0.25) is 0 Å². The van der Waals surface area contributed by atoms with E-state index in [0.29, 0.717) is 11.3 Å². The molecule has 0 saturated heterocycles. The largest absolute Gasteiger partial charge is 0.478 e. The molecule has 0 amide bonds. The Morgan fingerprint density at radius 3 is 2.53 bits per heavy atom. The van der Waals surface area contributed by atoms with Crippen molar-refractivity contribution in [3.8, 4) is 0 Å². The monoisotopic (exact) mass is 340 g/mol. The number of carbonyl (C=O) groups is 1. The Morgan fingerprint density at radius 1 is 1.21 bits per heavy atom. The van der Waals surface area contributed by atoms with Crippen LogP contribution in [0, 0.1) is 5.82 Å². The van der Waals surface area contributed by atoms with Crippen molar-refractivity contribution >= 4 is 33.7 Å². The van der Waals surface area contributed by atoms with Crippen molar-refractivity contribution in [2.75, 3.05) is 0 Å². The molecule has 2 aromatic rings. The van der Waals surface area contributed by atoms with Crippen LogP contribution in [0.15, 0.2) is 51.8 Å². The van der Waals surface area contributed by atoms with E-state index in [9.17, 15) is 9.18 Å². The summed E-state index contributed by atoms with van der Waals surface area (Å²) in [6.45, 7) is 0. The molecule has 1 N–H and O–H groups in total. The summed E-state index contributed by atoms with van der Waals surface area (Å²) in [5.41, 5.74) is 0.636. The van der Waals surface area contributed by atoms with Gasteiger partial charge in [0.1, 0.15) is 5.82 Å². The zero-order chi connectivity index (χ0) is 13.8. The summed E-state index contributed by atoms with van der Waals surface area (Å²) < 4.78 is 14.3. The number of rotatable bonds is 4. The van der Waals surface area contributed by atoms with E-state index in [0.717, 1.165) is 15.4 Å². The normalized spacial score (nSPS) is 10.4. The number of aromatic carboxylic acids is 1. The van der Waals surface area contributed by atoms with Gasteiger partial charge in [-0.25, -0.2) is 9.18 Å². The standard InChI is InChI=1S/C14H10BrFO2S/c15-11-1-3-13(4-2-11)19-8-9-5-10(14(17)18)7-12(16)6-9/h1-7H,8H2,(H,17,18). The topological polar surface area (TPSA) is 37.3 Å². The fraction of sp³-hybridized carbons (Fsp3) is 0.0714. The lowest BCUT2D eigenvalue weighted by Gasteiger charge is -2.04. The molecule has 0 aliphatic carbocycles. The van der Waals surface area contributed by atoms with Gasteiger partial charge in [-0.2, -0.15) is 0 Å². The molecule has 2 nitrogen and oxygen atoms in total. The van der Waals surface area contributed by atoms with E-state index in [-0.39, 0.29) is 5.56 Å². The van der Waals surface area contributed by atoms with Gasteiger partial charge in [-0.3, -0.25) is 0 Å². The molecule has 0 fully saturated rings. The van der Waals surface area contributed by atoms with Gasteiger partial charge in [-0.1, -0.05) is 15.9 Å². The van der Waals surface area contributed by atoms with Crippen molar-refractivity contribution in [2.45, 2.75) is 10.6 Å². The third-order valence-corrected chi connectivity index (χ3v) is 4.04. The minimum absolute atomic E-state index is 0.0218. The van der Waals surface area contributed by atoms with Gasteiger partial charge in [0, 0.05) is 15.1 Å². The van der Waals surface area contributed by atoms with Crippen LogP contribution in [0.3, 0.4) is 0 Å². The first kappa shape index (κ1) is 14.1. The molecule has 19 heavy (non-hydrogen) atoms. The second-order valence-electron chi connectivity index (χ2n) is 3.90. The number of hydrogen-bond donors (Lipinski definition) is 1. The zero-order valence-electron chi connectivity index (χ0n) is 9.77. The molecule has 2 aromatic carbocycles. The lowest BCUT2D eigenvalue weighted by Crippen LogP contribution is -1.98. The van der Waals surface area contributed by atoms with Gasteiger partial charge in [-0.05, 0) is 48.0 Å². The molecule has 0 aliphatic heterocycles. The molecule has 98 valence electrons. The van der Waals surface area contributed by atoms with Crippen LogP contribution in [0.4, 0.5) is 4.39 Å². The molecule has 0 bridgehead atoms. The van der Waals surface area contributed by atoms with Crippen molar-refractivity contribution in [3.63, 3.8) is 0 Å². The van der Waals surface area contributed by atoms with E-state index in [1.807, 2.05) is 24.3 Å². The Bertz CT molecular complexity index is 599. The van der Waals surface area contributed by atoms with Gasteiger partial charge in [0.05, 0.1) is 5.56 Å². The van der Waals surface area contributed by atoms with E-state index in [1.165, 1.54) is 23.9 Å². The van der Waals surface area contributed by atoms with E-state index >= 15 is 0 Å². The highest BCUT2D eigenvalue weighted by molar-refractivity contribution is 9.10. The fourth-order valence-electron chi connectivity index (χ4n) is 1.55. The van der Waals surface area contributed by atoms with Gasteiger partial charge >= 0.3 is 5.97 Å². The number of thioether (sulfide) groups is 1. The predicted molar refractivity (Wildman–Crippen MR) is 77.1 cm³/mol. The van der Waals surface area contributed by atoms with Crippen LogP contribution in [0.1, 0.15) is 15.9 Å². The third kappa shape index (κ3) is 4.08. The highest BCUT2D eigenvalue weighted by Gasteiger charge is 2.07. The summed E-state index contributed by atoms with van der Waals surface area (Å²) in [5, 5.41) is 8.87. The smallest absolute Gasteiger partial charge is 0.335 e. The average Bonchev–Trinajstić information content (AvgIpc) is 2.37. The molecule has 0 spiro atoms. The van der Waals surface area contributed by atoms with Crippen molar-refractivity contribution in [1.82, 2.24) is 0 Å². The Labute approximate surface area is 122 Å². The lowest BCUT2D eigenvalue weighted by molar-refractivity contribution is 0.0696. The molecule has 0 unspecified atom stereocenters. The van der Waals surface area contributed by atoms with Gasteiger partial charge < -0.3 is 5.11 Å². The van der Waals surface area contributed by atoms with Crippen LogP contribution in [-0.4, -0.2) is 11.1 Å². The highest BCUT2D eigenvalue weighted by Crippen LogP contribution is 2.25. The summed E-state index contributed by atoms with van der Waals surface area (Å²) >= 11 is 4.88. The van der Waals surface area contributed by atoms with Crippen molar-refractivity contribution in [1.29, 1.82) is 0 Å². The van der Waals surface area contributed by atoms with Crippen LogP contribution in [0.5, 0.6) is 0 Å². The van der Waals surface area contributed by atoms with Gasteiger partial charge in [0.2, 0.25) is 0 Å². The second kappa shape index (κ2) is 6.21. The molecule has 2 rings (SSSR count). The number of carboxylic acid groups (broad SMARTS) is 1. The van der Waals surface area contributed by atoms with Gasteiger partial charge in [0.25, 0.3) is 0 Å². The van der Waals surface area contributed by atoms with Crippen LogP contribution in [0.25, 0.3) is 0 Å². The summed E-state index contributed by atoms with van der Waals surface area (Å²) in [6, 6.07) is 11.6. The molecule has 0 radical (unpaired) electrons. The Balaban J connectivity index is 2.11. The Morgan fingerprint density at radius 2 is 1.89 bits per heavy atom. The molecular formula is C14H10BrFO2S. The number of benzene rings is 2. The average molecular weight is 341 g/mol. The molecule has 0 aromatic heterocycles. The molecular weight excluding hydrogens is 331 g/mol. The number of halogens is 2. The molecule has 0 atom stereocenters. The third-order valence-electron chi connectivity index (χ3n) is 2.42. The number of hydrogen-bond acceptors (Lipinski definition) is 2. The summed E-state index contributed by atoms with van der Waals surface area (Å²) in [5.74, 6) is -1.11. The zero-order valence-corrected chi connectivity index (χ0v) is 12.2. The SMILES string of the molecule is O=C(O)c1cc(F)cc(CSc2ccc(Br)cc2)c1. The van der Waals surface area contributed by atoms with Crippen molar-refractivity contribution in [3.05, 3.63) is 63.9 Å². The van der Waals surface area contributed by atoms with Crippen molar-refractivity contribution < 1.29 is 14.3 Å². The van der Waals surface area contributed by atoms with Crippen LogP contribution >= 0.6 is 27.7 Å². The molecule has 0 aliphatic rings. The quantitative estimate of drug-likeness (QED) is 0.827. The maximum atomic E-state index is 13.3. The Hall–Kier alpha value is -1.33. The summed E-state index contributed by atoms with van der Waals surface area (Å²) in [6.07, 6.45) is 0. The second-order valence-corrected chi connectivity index (χ2v) is 5.86. The fourth-order valence-corrected chi connectivity index (χ4v) is 2.65. The van der Waals surface area contributed by atoms with Crippen molar-refractivity contribution in [2.24, 2.45) is 0 Å². The van der Waals surface area contributed by atoms with Gasteiger partial charge in [-0.15, -0.1) is 11.8 Å². The summed E-state index contributed by atoms with van der Waals surface area (Å²) in [4.78, 5) is 11.9. The molecule has 0 saturated carbocycles. The van der Waals surface area contributed by atoms with Crippen LogP contribution in [-0.2, 0) is 5.75 Å². The minimum Gasteiger partial charge on any atom is -0.478 e. The first-order chi connectivity index (χ1) is 9.04. The van der Waals surface area contributed by atoms with Crippen LogP contribution < -0.4 is 0 Å². The van der Waals surface area contributed by atoms with E-state index in [2.05, 4.69) is 15.9 Å². The maximum Gasteiger partial charge on any atom is 0.335 e. The first-order valence-corrected chi connectivity index (χ1v) is 7.23. The maximum absolute atomic E-state index is 13.3. The highest BCUT2D eigenvalue weighted by atomic mass is 79.9. The minimum atomic E-state index is -1.12. The first-order valence-electron chi connectivity index (χ1n) is 5.46. The molecule has 0 heterocycles. The van der Waals surface area contributed by atoms with Gasteiger partial charge in [0.15, 0.2) is 0 Å². The van der Waals surface area contributed by atoms with E-state index < -0.39 is 11.8 Å². The summed E-state index contributed by atoms with van der Waals surface area (Å²) in [7, 11) is 0. The van der Waals surface area contributed by atoms with E-state index in [1.54, 1.807) is 0 Å². The lowest BCUT2D eigenvalue weighted by atomic mass is 10.1. The predicted octanol–water partition coefficient (Wildman–Crippen LogP) is 4.58.